The second-order valence-corrected chi connectivity index (χ2v) is 7.78. The standard InChI is InChI=1S/C16H16N6O3S/c23-15(14-12-21-6-2-5-18-16(21)19-14)20-7-9-22(10-8-20)26(24,25)13-3-1-4-17-11-13/h1-6,11-12H,7-10H2. The molecule has 0 bridgehead atoms. The molecule has 0 aliphatic carbocycles. The zero-order chi connectivity index (χ0) is 18.1. The quantitative estimate of drug-likeness (QED) is 0.654. The minimum Gasteiger partial charge on any atom is -0.335 e. The summed E-state index contributed by atoms with van der Waals surface area (Å²) in [5.74, 6) is 0.225. The fourth-order valence-electron chi connectivity index (χ4n) is 2.88. The summed E-state index contributed by atoms with van der Waals surface area (Å²) < 4.78 is 28.3. The number of hydrogen-bond acceptors (Lipinski definition) is 6. The van der Waals surface area contributed by atoms with Crippen molar-refractivity contribution in [3.05, 3.63) is 54.9 Å². The molecule has 3 aromatic heterocycles. The van der Waals surface area contributed by atoms with Gasteiger partial charge >= 0.3 is 0 Å². The van der Waals surface area contributed by atoms with E-state index in [-0.39, 0.29) is 23.9 Å². The summed E-state index contributed by atoms with van der Waals surface area (Å²) in [5.41, 5.74) is 0.298. The van der Waals surface area contributed by atoms with Gasteiger partial charge in [-0.3, -0.25) is 14.2 Å². The van der Waals surface area contributed by atoms with Gasteiger partial charge in [0.25, 0.3) is 5.91 Å². The molecule has 1 aliphatic heterocycles. The van der Waals surface area contributed by atoms with Gasteiger partial charge in [0, 0.05) is 57.2 Å². The first-order valence-electron chi connectivity index (χ1n) is 8.05. The van der Waals surface area contributed by atoms with E-state index in [4.69, 9.17) is 0 Å². The van der Waals surface area contributed by atoms with Crippen LogP contribution in [0, 0.1) is 0 Å². The summed E-state index contributed by atoms with van der Waals surface area (Å²) in [5, 5.41) is 0. The summed E-state index contributed by atoms with van der Waals surface area (Å²) in [7, 11) is -3.59. The first-order chi connectivity index (χ1) is 12.6. The van der Waals surface area contributed by atoms with E-state index >= 15 is 0 Å². The van der Waals surface area contributed by atoms with Crippen LogP contribution in [0.3, 0.4) is 0 Å². The second kappa shape index (κ2) is 6.46. The number of pyridine rings is 1. The highest BCUT2D eigenvalue weighted by atomic mass is 32.2. The van der Waals surface area contributed by atoms with Crippen molar-refractivity contribution in [1.82, 2.24) is 28.6 Å². The predicted molar refractivity (Wildman–Crippen MR) is 91.9 cm³/mol. The molecule has 26 heavy (non-hydrogen) atoms. The highest BCUT2D eigenvalue weighted by Gasteiger charge is 2.31. The van der Waals surface area contributed by atoms with Gasteiger partial charge in [-0.1, -0.05) is 0 Å². The number of carbonyl (C=O) groups excluding carboxylic acids is 1. The molecule has 1 amide bonds. The first-order valence-corrected chi connectivity index (χ1v) is 9.49. The van der Waals surface area contributed by atoms with E-state index in [9.17, 15) is 13.2 Å². The van der Waals surface area contributed by atoms with Crippen molar-refractivity contribution < 1.29 is 13.2 Å². The molecule has 0 radical (unpaired) electrons. The highest BCUT2D eigenvalue weighted by molar-refractivity contribution is 7.89. The maximum absolute atomic E-state index is 12.6. The van der Waals surface area contributed by atoms with Crippen molar-refractivity contribution in [2.24, 2.45) is 0 Å². The Hall–Kier alpha value is -2.85. The predicted octanol–water partition coefficient (Wildman–Crippen LogP) is 0.271. The van der Waals surface area contributed by atoms with Crippen molar-refractivity contribution in [2.45, 2.75) is 4.90 Å². The monoisotopic (exact) mass is 372 g/mol. The van der Waals surface area contributed by atoms with Crippen LogP contribution in [0.4, 0.5) is 0 Å². The maximum Gasteiger partial charge on any atom is 0.274 e. The van der Waals surface area contributed by atoms with E-state index in [1.54, 1.807) is 40.0 Å². The third-order valence-corrected chi connectivity index (χ3v) is 6.13. The number of fused-ring (bicyclic) bond motifs is 1. The van der Waals surface area contributed by atoms with Gasteiger partial charge in [0.2, 0.25) is 15.8 Å². The number of sulfonamides is 1. The lowest BCUT2D eigenvalue weighted by molar-refractivity contribution is 0.0692. The van der Waals surface area contributed by atoms with Crippen LogP contribution in [0.15, 0.2) is 54.1 Å². The van der Waals surface area contributed by atoms with Crippen LogP contribution >= 0.6 is 0 Å². The summed E-state index contributed by atoms with van der Waals surface area (Å²) in [6.07, 6.45) is 7.86. The Morgan fingerprint density at radius 3 is 2.58 bits per heavy atom. The Balaban J connectivity index is 1.47. The zero-order valence-electron chi connectivity index (χ0n) is 13.8. The number of hydrogen-bond donors (Lipinski definition) is 0. The average molecular weight is 372 g/mol. The Labute approximate surface area is 150 Å². The van der Waals surface area contributed by atoms with Gasteiger partial charge in [-0.05, 0) is 18.2 Å². The van der Waals surface area contributed by atoms with Crippen molar-refractivity contribution in [2.75, 3.05) is 26.2 Å². The molecular formula is C16H16N6O3S. The maximum atomic E-state index is 12.6. The Kier molecular flexibility index (Phi) is 4.13. The van der Waals surface area contributed by atoms with Crippen LogP contribution in [0.1, 0.15) is 10.5 Å². The molecule has 1 aliphatic rings. The van der Waals surface area contributed by atoms with Gasteiger partial charge in [-0.2, -0.15) is 4.31 Å². The van der Waals surface area contributed by atoms with Gasteiger partial charge in [0.1, 0.15) is 10.6 Å². The normalized spacial score (nSPS) is 16.1. The molecule has 0 unspecified atom stereocenters. The molecule has 1 fully saturated rings. The molecule has 134 valence electrons. The molecule has 9 nitrogen and oxygen atoms in total. The van der Waals surface area contributed by atoms with Crippen LogP contribution in [-0.2, 0) is 10.0 Å². The van der Waals surface area contributed by atoms with Crippen LogP contribution in [0.2, 0.25) is 0 Å². The topological polar surface area (TPSA) is 101 Å². The van der Waals surface area contributed by atoms with Gasteiger partial charge in [-0.25, -0.2) is 18.4 Å². The molecule has 0 N–H and O–H groups in total. The molecular weight excluding hydrogens is 356 g/mol. The molecule has 0 atom stereocenters. The average Bonchev–Trinajstić information content (AvgIpc) is 3.12. The van der Waals surface area contributed by atoms with Crippen LogP contribution in [0.5, 0.6) is 0 Å². The van der Waals surface area contributed by atoms with E-state index < -0.39 is 10.0 Å². The van der Waals surface area contributed by atoms with Crippen molar-refractivity contribution in [1.29, 1.82) is 0 Å². The van der Waals surface area contributed by atoms with Crippen molar-refractivity contribution in [3.8, 4) is 0 Å². The highest BCUT2D eigenvalue weighted by Crippen LogP contribution is 2.17. The number of nitrogens with zero attached hydrogens (tertiary/aromatic N) is 6. The molecule has 0 saturated carbocycles. The van der Waals surface area contributed by atoms with Crippen molar-refractivity contribution >= 4 is 21.7 Å². The number of amides is 1. The largest absolute Gasteiger partial charge is 0.335 e. The van der Waals surface area contributed by atoms with Crippen LogP contribution in [-0.4, -0.2) is 69.1 Å². The minimum atomic E-state index is -3.59. The molecule has 3 aromatic rings. The summed E-state index contributed by atoms with van der Waals surface area (Å²) in [4.78, 5) is 26.6. The molecule has 4 heterocycles. The van der Waals surface area contributed by atoms with Crippen LogP contribution in [0.25, 0.3) is 5.78 Å². The molecule has 1 saturated heterocycles. The molecule has 4 rings (SSSR count). The third-order valence-electron chi connectivity index (χ3n) is 4.25. The number of imidazole rings is 1. The Morgan fingerprint density at radius 2 is 1.88 bits per heavy atom. The second-order valence-electron chi connectivity index (χ2n) is 5.84. The number of carbonyl (C=O) groups is 1. The summed E-state index contributed by atoms with van der Waals surface area (Å²) >= 11 is 0. The summed E-state index contributed by atoms with van der Waals surface area (Å²) in [6, 6.07) is 4.86. The van der Waals surface area contributed by atoms with Gasteiger partial charge in [0.05, 0.1) is 0 Å². The van der Waals surface area contributed by atoms with Crippen molar-refractivity contribution in [3.63, 3.8) is 0 Å². The number of aromatic nitrogens is 4. The molecule has 0 aromatic carbocycles. The van der Waals surface area contributed by atoms with Gasteiger partial charge < -0.3 is 4.90 Å². The lowest BCUT2D eigenvalue weighted by atomic mass is 10.3. The minimum absolute atomic E-state index is 0.159. The van der Waals surface area contributed by atoms with Gasteiger partial charge in [0.15, 0.2) is 0 Å². The number of piperazine rings is 1. The Bertz CT molecular complexity index is 1010. The Morgan fingerprint density at radius 1 is 1.08 bits per heavy atom. The van der Waals surface area contributed by atoms with Gasteiger partial charge in [-0.15, -0.1) is 0 Å². The summed E-state index contributed by atoms with van der Waals surface area (Å²) in [6.45, 7) is 1.07. The fraction of sp³-hybridized carbons (Fsp3) is 0.250. The van der Waals surface area contributed by atoms with E-state index in [0.717, 1.165) is 0 Å². The first kappa shape index (κ1) is 16.6. The third kappa shape index (κ3) is 2.93. The van der Waals surface area contributed by atoms with E-state index in [0.29, 0.717) is 24.6 Å². The van der Waals surface area contributed by atoms with Crippen LogP contribution < -0.4 is 0 Å². The molecule has 0 spiro atoms. The number of rotatable bonds is 3. The lowest BCUT2D eigenvalue weighted by Gasteiger charge is -2.33. The SMILES string of the molecule is O=C(c1cn2cccnc2n1)N1CCN(S(=O)(=O)c2cccnc2)CC1. The fourth-order valence-corrected chi connectivity index (χ4v) is 4.26. The lowest BCUT2D eigenvalue weighted by Crippen LogP contribution is -2.50. The van der Waals surface area contributed by atoms with E-state index in [1.165, 1.54) is 22.8 Å². The zero-order valence-corrected chi connectivity index (χ0v) is 14.6. The molecule has 10 heteroatoms. The van der Waals surface area contributed by atoms with E-state index in [1.807, 2.05) is 0 Å². The van der Waals surface area contributed by atoms with E-state index in [2.05, 4.69) is 15.0 Å². The smallest absolute Gasteiger partial charge is 0.274 e.